The second-order valence-electron chi connectivity index (χ2n) is 7.72. The van der Waals surface area contributed by atoms with E-state index < -0.39 is 0 Å². The molecule has 1 fully saturated rings. The first-order valence-corrected chi connectivity index (χ1v) is 11.1. The normalized spacial score (nSPS) is 15.1. The number of pyridine rings is 1. The number of hydrogen-bond acceptors (Lipinski definition) is 7. The monoisotopic (exact) mass is 422 g/mol. The van der Waals surface area contributed by atoms with E-state index in [-0.39, 0.29) is 5.91 Å². The van der Waals surface area contributed by atoms with Gasteiger partial charge in [0.25, 0.3) is 5.91 Å². The number of rotatable bonds is 7. The van der Waals surface area contributed by atoms with Crippen molar-refractivity contribution in [1.29, 1.82) is 0 Å². The summed E-state index contributed by atoms with van der Waals surface area (Å²) in [6.07, 6.45) is 3.95. The predicted octanol–water partition coefficient (Wildman–Crippen LogP) is 3.82. The fourth-order valence-corrected chi connectivity index (χ4v) is 4.02. The Hall–Kier alpha value is -2.84. The number of piperidine rings is 1. The molecule has 0 radical (unpaired) electrons. The molecule has 1 saturated heterocycles. The van der Waals surface area contributed by atoms with Gasteiger partial charge in [0, 0.05) is 19.3 Å². The van der Waals surface area contributed by atoms with Gasteiger partial charge in [-0.05, 0) is 56.5 Å². The van der Waals surface area contributed by atoms with Crippen molar-refractivity contribution >= 4 is 28.2 Å². The van der Waals surface area contributed by atoms with Crippen LogP contribution in [0.15, 0.2) is 48.1 Å². The van der Waals surface area contributed by atoms with Gasteiger partial charge in [0.2, 0.25) is 5.13 Å². The van der Waals surface area contributed by atoms with Gasteiger partial charge in [-0.1, -0.05) is 41.2 Å². The summed E-state index contributed by atoms with van der Waals surface area (Å²) in [6, 6.07) is 12.4. The molecule has 0 bridgehead atoms. The zero-order valence-electron chi connectivity index (χ0n) is 17.0. The fraction of sp³-hybridized carbons (Fsp3) is 0.364. The van der Waals surface area contributed by atoms with Crippen LogP contribution < -0.4 is 10.6 Å². The summed E-state index contributed by atoms with van der Waals surface area (Å²) in [5.74, 6) is 1.21. The van der Waals surface area contributed by atoms with Gasteiger partial charge >= 0.3 is 0 Å². The molecular formula is C22H26N6OS. The second-order valence-corrected chi connectivity index (χ2v) is 8.55. The third-order valence-electron chi connectivity index (χ3n) is 5.41. The Morgan fingerprint density at radius 1 is 1.17 bits per heavy atom. The lowest BCUT2D eigenvalue weighted by Crippen LogP contribution is -2.35. The van der Waals surface area contributed by atoms with Crippen LogP contribution in [-0.2, 0) is 6.54 Å². The van der Waals surface area contributed by atoms with Crippen molar-refractivity contribution in [2.45, 2.75) is 26.3 Å². The molecule has 2 N–H and O–H groups in total. The second kappa shape index (κ2) is 9.77. The third-order valence-corrected chi connectivity index (χ3v) is 6.02. The third kappa shape index (κ3) is 5.61. The number of anilines is 2. The molecule has 30 heavy (non-hydrogen) atoms. The van der Waals surface area contributed by atoms with Crippen LogP contribution in [0.4, 0.5) is 10.9 Å². The highest BCUT2D eigenvalue weighted by atomic mass is 32.1. The van der Waals surface area contributed by atoms with Gasteiger partial charge in [0.05, 0.1) is 5.56 Å². The van der Waals surface area contributed by atoms with Gasteiger partial charge in [-0.25, -0.2) is 4.98 Å². The summed E-state index contributed by atoms with van der Waals surface area (Å²) in [4.78, 5) is 19.1. The first-order chi connectivity index (χ1) is 14.7. The molecule has 4 rings (SSSR count). The highest BCUT2D eigenvalue weighted by Crippen LogP contribution is 2.20. The Bertz CT molecular complexity index is 935. The van der Waals surface area contributed by atoms with E-state index >= 15 is 0 Å². The van der Waals surface area contributed by atoms with Crippen LogP contribution in [0.2, 0.25) is 0 Å². The number of nitrogens with one attached hydrogen (secondary N) is 2. The highest BCUT2D eigenvalue weighted by molar-refractivity contribution is 7.13. The van der Waals surface area contributed by atoms with Gasteiger partial charge < -0.3 is 5.32 Å². The molecule has 2 aromatic heterocycles. The first-order valence-electron chi connectivity index (χ1n) is 10.2. The summed E-state index contributed by atoms with van der Waals surface area (Å²) >= 11 is 1.28. The van der Waals surface area contributed by atoms with Gasteiger partial charge in [-0.2, -0.15) is 0 Å². The number of benzene rings is 1. The Labute approximate surface area is 180 Å². The van der Waals surface area contributed by atoms with E-state index in [4.69, 9.17) is 0 Å². The van der Waals surface area contributed by atoms with Gasteiger partial charge in [0.15, 0.2) is 0 Å². The molecule has 1 aliphatic rings. The summed E-state index contributed by atoms with van der Waals surface area (Å²) in [7, 11) is 0. The van der Waals surface area contributed by atoms with Crippen molar-refractivity contribution in [3.8, 4) is 0 Å². The minimum Gasteiger partial charge on any atom is -0.370 e. The summed E-state index contributed by atoms with van der Waals surface area (Å²) in [5, 5.41) is 14.1. The fourth-order valence-electron chi connectivity index (χ4n) is 3.58. The Morgan fingerprint density at radius 2 is 1.97 bits per heavy atom. The van der Waals surface area contributed by atoms with E-state index in [9.17, 15) is 4.79 Å². The summed E-state index contributed by atoms with van der Waals surface area (Å²) in [5.41, 5.74) is 4.77. The Kier molecular flexibility index (Phi) is 6.66. The lowest BCUT2D eigenvalue weighted by Gasteiger charge is -2.32. The predicted molar refractivity (Wildman–Crippen MR) is 120 cm³/mol. The molecule has 1 aromatic carbocycles. The summed E-state index contributed by atoms with van der Waals surface area (Å²) < 4.78 is 0. The van der Waals surface area contributed by atoms with E-state index in [1.54, 1.807) is 17.8 Å². The number of amides is 1. The van der Waals surface area contributed by atoms with Crippen molar-refractivity contribution in [2.24, 2.45) is 5.92 Å². The molecule has 0 aliphatic carbocycles. The van der Waals surface area contributed by atoms with Crippen LogP contribution in [0.1, 0.15) is 34.3 Å². The van der Waals surface area contributed by atoms with E-state index in [1.165, 1.54) is 35.3 Å². The number of carbonyl (C=O) groups excluding carboxylic acids is 1. The smallest absolute Gasteiger partial charge is 0.259 e. The molecule has 3 aromatic rings. The average Bonchev–Trinajstić information content (AvgIpc) is 3.28. The molecule has 0 spiro atoms. The molecule has 3 heterocycles. The van der Waals surface area contributed by atoms with Crippen molar-refractivity contribution in [1.82, 2.24) is 20.1 Å². The minimum absolute atomic E-state index is 0.230. The van der Waals surface area contributed by atoms with Crippen LogP contribution in [0.5, 0.6) is 0 Å². The molecule has 1 aliphatic heterocycles. The molecular weight excluding hydrogens is 396 g/mol. The SMILES string of the molecule is Cc1ccc(CN2CCC(CNc3ccc(C(=O)Nc4nncs4)cn3)CC2)cc1. The first kappa shape index (κ1) is 20.4. The lowest BCUT2D eigenvalue weighted by atomic mass is 9.96. The number of nitrogens with zero attached hydrogens (tertiary/aromatic N) is 4. The van der Waals surface area contributed by atoms with Gasteiger partial charge in [0.1, 0.15) is 11.3 Å². The number of aromatic nitrogens is 3. The number of carbonyl (C=O) groups is 1. The Morgan fingerprint density at radius 3 is 2.63 bits per heavy atom. The van der Waals surface area contributed by atoms with Crippen molar-refractivity contribution in [3.05, 3.63) is 64.8 Å². The maximum absolute atomic E-state index is 12.2. The van der Waals surface area contributed by atoms with Crippen LogP contribution in [-0.4, -0.2) is 45.6 Å². The van der Waals surface area contributed by atoms with Crippen LogP contribution >= 0.6 is 11.3 Å². The van der Waals surface area contributed by atoms with Gasteiger partial charge in [-0.15, -0.1) is 10.2 Å². The van der Waals surface area contributed by atoms with E-state index in [1.807, 2.05) is 6.07 Å². The zero-order valence-corrected chi connectivity index (χ0v) is 17.9. The topological polar surface area (TPSA) is 83.0 Å². The van der Waals surface area contributed by atoms with Crippen molar-refractivity contribution in [2.75, 3.05) is 30.3 Å². The van der Waals surface area contributed by atoms with Crippen molar-refractivity contribution < 1.29 is 4.79 Å². The standard InChI is InChI=1S/C22H26N6OS/c1-16-2-4-18(5-3-16)14-28-10-8-17(9-11-28)12-23-20-7-6-19(13-24-20)21(29)26-22-27-25-15-30-22/h2-7,13,15,17H,8-12,14H2,1H3,(H,23,24)(H,26,27,29). The molecule has 7 nitrogen and oxygen atoms in total. The number of hydrogen-bond donors (Lipinski definition) is 2. The van der Waals surface area contributed by atoms with Crippen LogP contribution in [0, 0.1) is 12.8 Å². The maximum atomic E-state index is 12.2. The largest absolute Gasteiger partial charge is 0.370 e. The van der Waals surface area contributed by atoms with Crippen molar-refractivity contribution in [3.63, 3.8) is 0 Å². The molecule has 0 atom stereocenters. The molecule has 1 amide bonds. The number of likely N-dealkylation sites (tertiary alicyclic amines) is 1. The van der Waals surface area contributed by atoms with E-state index in [0.29, 0.717) is 16.6 Å². The van der Waals surface area contributed by atoms with E-state index in [0.717, 1.165) is 32.0 Å². The van der Waals surface area contributed by atoms with E-state index in [2.05, 4.69) is 61.9 Å². The summed E-state index contributed by atoms with van der Waals surface area (Å²) in [6.45, 7) is 6.31. The minimum atomic E-state index is -0.230. The zero-order chi connectivity index (χ0) is 20.8. The molecule has 0 unspecified atom stereocenters. The molecule has 156 valence electrons. The quantitative estimate of drug-likeness (QED) is 0.602. The van der Waals surface area contributed by atoms with Crippen LogP contribution in [0.25, 0.3) is 0 Å². The molecule has 0 saturated carbocycles. The average molecular weight is 423 g/mol. The van der Waals surface area contributed by atoms with Gasteiger partial charge in [-0.3, -0.25) is 15.0 Å². The van der Waals surface area contributed by atoms with Crippen LogP contribution in [0.3, 0.4) is 0 Å². The molecule has 8 heteroatoms. The number of aryl methyl sites for hydroxylation is 1. The maximum Gasteiger partial charge on any atom is 0.259 e. The highest BCUT2D eigenvalue weighted by Gasteiger charge is 2.19. The Balaban J connectivity index is 1.20. The lowest BCUT2D eigenvalue weighted by molar-refractivity contribution is 0.102.